The zero-order valence-corrected chi connectivity index (χ0v) is 16.6. The number of rotatable bonds is 6. The maximum atomic E-state index is 12.0. The summed E-state index contributed by atoms with van der Waals surface area (Å²) < 4.78 is 8.73. The van der Waals surface area contributed by atoms with Gasteiger partial charge in [-0.1, -0.05) is 57.2 Å². The fourth-order valence-corrected chi connectivity index (χ4v) is 4.62. The lowest BCUT2D eigenvalue weighted by molar-refractivity contribution is 0.514. The Hall–Kier alpha value is -2.10. The Morgan fingerprint density at radius 2 is 2.08 bits per heavy atom. The third-order valence-electron chi connectivity index (χ3n) is 3.60. The van der Waals surface area contributed by atoms with Crippen LogP contribution in [0.4, 0.5) is 10.8 Å². The minimum absolute atomic E-state index is 0.332. The molecule has 0 radical (unpaired) electrons. The number of anilines is 2. The van der Waals surface area contributed by atoms with Gasteiger partial charge in [0.25, 0.3) is 0 Å². The Morgan fingerprint density at radius 1 is 1.19 bits per heavy atom. The smallest absolute Gasteiger partial charge is 0.408 e. The second-order valence-corrected chi connectivity index (χ2v) is 8.58. The maximum absolute atomic E-state index is 12.0. The number of aromatic nitrogens is 3. The topological polar surface area (TPSA) is 73.0 Å². The molecule has 0 bridgehead atoms. The highest BCUT2D eigenvalue weighted by Gasteiger charge is 2.10. The molecule has 132 valence electrons. The standard InChI is InChI=1S/C17H13BrN4O2S2/c18-11-4-3-5-12(10-11)19-15-20-21-16(26-15)25-9-8-22-13-6-1-2-7-14(13)24-17(22)23/h1-7,10H,8-9H2,(H,19,20). The van der Waals surface area contributed by atoms with Gasteiger partial charge < -0.3 is 9.73 Å². The third kappa shape index (κ3) is 3.84. The molecule has 4 rings (SSSR count). The predicted molar refractivity (Wildman–Crippen MR) is 109 cm³/mol. The van der Waals surface area contributed by atoms with Crippen LogP contribution in [0.5, 0.6) is 0 Å². The van der Waals surface area contributed by atoms with Crippen LogP contribution in [-0.4, -0.2) is 20.5 Å². The fourth-order valence-electron chi connectivity index (χ4n) is 2.46. The molecule has 0 atom stereocenters. The Morgan fingerprint density at radius 3 is 2.96 bits per heavy atom. The van der Waals surface area contributed by atoms with E-state index in [2.05, 4.69) is 31.4 Å². The average Bonchev–Trinajstić information content (AvgIpc) is 3.19. The van der Waals surface area contributed by atoms with Gasteiger partial charge >= 0.3 is 5.76 Å². The number of benzene rings is 2. The van der Waals surface area contributed by atoms with Crippen molar-refractivity contribution in [2.75, 3.05) is 11.1 Å². The number of oxazole rings is 1. The van der Waals surface area contributed by atoms with Gasteiger partial charge in [0.05, 0.1) is 5.52 Å². The SMILES string of the molecule is O=c1oc2ccccc2n1CCSc1nnc(Nc2cccc(Br)c2)s1. The zero-order chi connectivity index (χ0) is 17.9. The van der Waals surface area contributed by atoms with Crippen LogP contribution in [0, 0.1) is 0 Å². The van der Waals surface area contributed by atoms with Crippen molar-refractivity contribution in [3.8, 4) is 0 Å². The number of hydrogen-bond acceptors (Lipinski definition) is 7. The number of nitrogens with zero attached hydrogens (tertiary/aromatic N) is 3. The first kappa shape index (κ1) is 17.3. The molecule has 1 N–H and O–H groups in total. The molecule has 0 unspecified atom stereocenters. The average molecular weight is 449 g/mol. The Labute approximate surface area is 165 Å². The molecule has 0 fully saturated rings. The summed E-state index contributed by atoms with van der Waals surface area (Å²) >= 11 is 6.49. The van der Waals surface area contributed by atoms with E-state index in [0.717, 1.165) is 25.1 Å². The summed E-state index contributed by atoms with van der Waals surface area (Å²) in [5, 5.41) is 12.3. The van der Waals surface area contributed by atoms with Gasteiger partial charge in [0.2, 0.25) is 5.13 Å². The van der Waals surface area contributed by atoms with Crippen molar-refractivity contribution in [2.24, 2.45) is 0 Å². The van der Waals surface area contributed by atoms with Gasteiger partial charge in [0, 0.05) is 22.5 Å². The van der Waals surface area contributed by atoms with Crippen LogP contribution < -0.4 is 11.1 Å². The Kier molecular flexibility index (Phi) is 5.09. The molecule has 6 nitrogen and oxygen atoms in total. The summed E-state index contributed by atoms with van der Waals surface area (Å²) in [6, 6.07) is 15.3. The normalized spacial score (nSPS) is 11.1. The van der Waals surface area contributed by atoms with Crippen molar-refractivity contribution in [3.05, 3.63) is 63.6 Å². The number of para-hydroxylation sites is 2. The number of hydrogen-bond donors (Lipinski definition) is 1. The van der Waals surface area contributed by atoms with Gasteiger partial charge in [-0.25, -0.2) is 4.79 Å². The Balaban J connectivity index is 1.39. The van der Waals surface area contributed by atoms with Crippen LogP contribution in [0.2, 0.25) is 0 Å². The first-order valence-electron chi connectivity index (χ1n) is 7.76. The summed E-state index contributed by atoms with van der Waals surface area (Å²) in [7, 11) is 0. The van der Waals surface area contributed by atoms with Gasteiger partial charge in [-0.3, -0.25) is 4.57 Å². The number of thioether (sulfide) groups is 1. The monoisotopic (exact) mass is 448 g/mol. The lowest BCUT2D eigenvalue weighted by atomic mass is 10.3. The molecule has 26 heavy (non-hydrogen) atoms. The highest BCUT2D eigenvalue weighted by Crippen LogP contribution is 2.28. The van der Waals surface area contributed by atoms with E-state index in [9.17, 15) is 4.79 Å². The highest BCUT2D eigenvalue weighted by atomic mass is 79.9. The van der Waals surface area contributed by atoms with Crippen molar-refractivity contribution < 1.29 is 4.42 Å². The minimum atomic E-state index is -0.332. The van der Waals surface area contributed by atoms with E-state index >= 15 is 0 Å². The molecule has 9 heteroatoms. The van der Waals surface area contributed by atoms with E-state index in [-0.39, 0.29) is 5.76 Å². The van der Waals surface area contributed by atoms with E-state index in [1.54, 1.807) is 22.4 Å². The van der Waals surface area contributed by atoms with E-state index in [1.807, 2.05) is 42.5 Å². The molecule has 2 heterocycles. The summed E-state index contributed by atoms with van der Waals surface area (Å²) in [4.78, 5) is 12.0. The first-order chi connectivity index (χ1) is 12.7. The molecule has 4 aromatic rings. The van der Waals surface area contributed by atoms with Crippen LogP contribution in [0.25, 0.3) is 11.1 Å². The summed E-state index contributed by atoms with van der Waals surface area (Å²) in [6.07, 6.45) is 0. The molecule has 0 aliphatic heterocycles. The number of fused-ring (bicyclic) bond motifs is 1. The van der Waals surface area contributed by atoms with Crippen LogP contribution >= 0.6 is 39.0 Å². The van der Waals surface area contributed by atoms with Crippen molar-refractivity contribution in [2.45, 2.75) is 10.9 Å². The molecule has 0 spiro atoms. The van der Waals surface area contributed by atoms with Crippen molar-refractivity contribution in [3.63, 3.8) is 0 Å². The molecule has 0 saturated heterocycles. The van der Waals surface area contributed by atoms with Crippen LogP contribution in [-0.2, 0) is 6.54 Å². The highest BCUT2D eigenvalue weighted by molar-refractivity contribution is 9.10. The van der Waals surface area contributed by atoms with Gasteiger partial charge in [0.15, 0.2) is 9.92 Å². The molecule has 0 saturated carbocycles. The third-order valence-corrected chi connectivity index (χ3v) is 6.04. The first-order valence-corrected chi connectivity index (χ1v) is 10.4. The van der Waals surface area contributed by atoms with Crippen molar-refractivity contribution in [1.82, 2.24) is 14.8 Å². The van der Waals surface area contributed by atoms with E-state index in [0.29, 0.717) is 17.9 Å². The molecule has 2 aromatic carbocycles. The lowest BCUT2D eigenvalue weighted by Crippen LogP contribution is -2.15. The zero-order valence-electron chi connectivity index (χ0n) is 13.4. The van der Waals surface area contributed by atoms with Crippen molar-refractivity contribution >= 4 is 60.9 Å². The number of aryl methyl sites for hydroxylation is 1. The molecule has 2 aromatic heterocycles. The van der Waals surface area contributed by atoms with E-state index in [1.165, 1.54) is 11.3 Å². The second kappa shape index (κ2) is 7.65. The Bertz CT molecular complexity index is 1110. The molecular weight excluding hydrogens is 436 g/mol. The largest absolute Gasteiger partial charge is 0.419 e. The molecule has 0 aliphatic rings. The van der Waals surface area contributed by atoms with Crippen LogP contribution in [0.15, 0.2) is 66.6 Å². The molecule has 0 amide bonds. The number of nitrogens with one attached hydrogen (secondary N) is 1. The summed E-state index contributed by atoms with van der Waals surface area (Å²) in [6.45, 7) is 0.550. The van der Waals surface area contributed by atoms with Crippen molar-refractivity contribution in [1.29, 1.82) is 0 Å². The summed E-state index contributed by atoms with van der Waals surface area (Å²) in [5.74, 6) is 0.371. The van der Waals surface area contributed by atoms with E-state index in [4.69, 9.17) is 4.42 Å². The second-order valence-electron chi connectivity index (χ2n) is 5.34. The number of halogens is 1. The van der Waals surface area contributed by atoms with Crippen LogP contribution in [0.3, 0.4) is 0 Å². The van der Waals surface area contributed by atoms with E-state index < -0.39 is 0 Å². The minimum Gasteiger partial charge on any atom is -0.408 e. The predicted octanol–water partition coefficient (Wildman–Crippen LogP) is 4.74. The maximum Gasteiger partial charge on any atom is 0.419 e. The van der Waals surface area contributed by atoms with Gasteiger partial charge in [-0.2, -0.15) is 0 Å². The van der Waals surface area contributed by atoms with Gasteiger partial charge in [-0.05, 0) is 30.3 Å². The fraction of sp³-hybridized carbons (Fsp3) is 0.118. The van der Waals surface area contributed by atoms with Gasteiger partial charge in [-0.15, -0.1) is 10.2 Å². The lowest BCUT2D eigenvalue weighted by Gasteiger charge is -2.01. The van der Waals surface area contributed by atoms with Gasteiger partial charge in [0.1, 0.15) is 0 Å². The molecular formula is C17H13BrN4O2S2. The molecule has 0 aliphatic carbocycles. The summed E-state index contributed by atoms with van der Waals surface area (Å²) in [5.41, 5.74) is 2.37. The van der Waals surface area contributed by atoms with Crippen LogP contribution in [0.1, 0.15) is 0 Å². The quantitative estimate of drug-likeness (QED) is 0.429.